The number of piperidine rings is 1. The van der Waals surface area contributed by atoms with Crippen molar-refractivity contribution in [2.75, 3.05) is 31.6 Å². The second-order valence-electron chi connectivity index (χ2n) is 10.5. The number of hydrogen-bond acceptors (Lipinski definition) is 6. The fourth-order valence-electron chi connectivity index (χ4n) is 5.90. The molecule has 2 aliphatic rings. The van der Waals surface area contributed by atoms with Gasteiger partial charge in [-0.2, -0.15) is 0 Å². The highest BCUT2D eigenvalue weighted by Gasteiger charge is 2.39. The van der Waals surface area contributed by atoms with Gasteiger partial charge in [-0.25, -0.2) is 4.98 Å². The van der Waals surface area contributed by atoms with Gasteiger partial charge in [-0.3, -0.25) is 14.2 Å². The number of anilines is 1. The molecule has 4 aromatic rings. The summed E-state index contributed by atoms with van der Waals surface area (Å²) in [6, 6.07) is 19.2. The lowest BCUT2D eigenvalue weighted by Gasteiger charge is -2.40. The van der Waals surface area contributed by atoms with Gasteiger partial charge >= 0.3 is 0 Å². The van der Waals surface area contributed by atoms with Gasteiger partial charge in [0.2, 0.25) is 5.91 Å². The maximum absolute atomic E-state index is 13.4. The van der Waals surface area contributed by atoms with Crippen LogP contribution in [-0.4, -0.2) is 68.4 Å². The lowest BCUT2D eigenvalue weighted by atomic mass is 9.90. The minimum Gasteiger partial charge on any atom is -0.497 e. The van der Waals surface area contributed by atoms with Crippen LogP contribution in [-0.2, 0) is 11.3 Å². The topological polar surface area (TPSA) is 92.8 Å². The van der Waals surface area contributed by atoms with Gasteiger partial charge in [0.1, 0.15) is 18.1 Å². The van der Waals surface area contributed by atoms with Crippen molar-refractivity contribution < 1.29 is 14.6 Å². The number of amides is 1. The average molecular weight is 528 g/mol. The Bertz CT molecular complexity index is 1520. The number of aromatic nitrogens is 3. The molecule has 1 unspecified atom stereocenters. The maximum atomic E-state index is 13.4. The largest absolute Gasteiger partial charge is 0.497 e. The average Bonchev–Trinajstić information content (AvgIpc) is 3.63. The number of nitrogens with zero attached hydrogens (tertiary/aromatic N) is 5. The number of rotatable bonds is 6. The summed E-state index contributed by atoms with van der Waals surface area (Å²) in [6.45, 7) is 1.94. The Hall–Kier alpha value is -4.11. The molecule has 0 radical (unpaired) electrons. The molecule has 2 fully saturated rings. The van der Waals surface area contributed by atoms with E-state index in [0.717, 1.165) is 36.5 Å². The highest BCUT2D eigenvalue weighted by molar-refractivity contribution is 5.86. The molecule has 0 spiro atoms. The molecule has 1 amide bonds. The Morgan fingerprint density at radius 2 is 1.77 bits per heavy atom. The molecular weight excluding hydrogens is 494 g/mol. The van der Waals surface area contributed by atoms with Crippen LogP contribution in [0.1, 0.15) is 25.7 Å². The van der Waals surface area contributed by atoms with E-state index in [2.05, 4.69) is 9.88 Å². The summed E-state index contributed by atoms with van der Waals surface area (Å²) in [4.78, 5) is 35.4. The van der Waals surface area contributed by atoms with E-state index in [9.17, 15) is 14.7 Å². The first-order valence-corrected chi connectivity index (χ1v) is 13.5. The van der Waals surface area contributed by atoms with Crippen LogP contribution in [0, 0.1) is 0 Å². The zero-order chi connectivity index (χ0) is 27.0. The van der Waals surface area contributed by atoms with Crippen LogP contribution in [0.15, 0.2) is 78.0 Å². The highest BCUT2D eigenvalue weighted by Crippen LogP contribution is 2.30. The number of methoxy groups -OCH3 is 1. The predicted molar refractivity (Wildman–Crippen MR) is 149 cm³/mol. The molecule has 0 saturated carbocycles. The van der Waals surface area contributed by atoms with Gasteiger partial charge in [0.25, 0.3) is 5.56 Å². The van der Waals surface area contributed by atoms with Gasteiger partial charge in [0.05, 0.1) is 24.6 Å². The zero-order valence-electron chi connectivity index (χ0n) is 22.1. The monoisotopic (exact) mass is 527 g/mol. The van der Waals surface area contributed by atoms with Crippen LogP contribution < -0.4 is 15.2 Å². The third-order valence-electron chi connectivity index (χ3n) is 8.12. The Balaban J connectivity index is 1.14. The first-order chi connectivity index (χ1) is 19.0. The van der Waals surface area contributed by atoms with Crippen LogP contribution >= 0.6 is 0 Å². The Kier molecular flexibility index (Phi) is 6.60. The number of aliphatic hydroxyl groups is 1. The van der Waals surface area contributed by atoms with Crippen LogP contribution in [0.5, 0.6) is 5.75 Å². The first kappa shape index (κ1) is 25.2. The van der Waals surface area contributed by atoms with E-state index in [0.29, 0.717) is 37.0 Å². The fraction of sp³-hybridized carbons (Fsp3) is 0.367. The number of para-hydroxylation sites is 1. The molecule has 0 aliphatic carbocycles. The van der Waals surface area contributed by atoms with E-state index in [-0.39, 0.29) is 24.1 Å². The molecule has 1 N–H and O–H groups in total. The SMILES string of the molecule is COc1ccc(-n2ccc3c(=O)n(CC4(O)CCN(C(=O)C5CCCN5c5ccccc5)CC4)cnc32)cc1. The Morgan fingerprint density at radius 3 is 2.49 bits per heavy atom. The van der Waals surface area contributed by atoms with E-state index in [4.69, 9.17) is 4.74 Å². The van der Waals surface area contributed by atoms with Crippen LogP contribution in [0.3, 0.4) is 0 Å². The van der Waals surface area contributed by atoms with Gasteiger partial charge in [-0.05, 0) is 68.1 Å². The molecular formula is C30H33N5O4. The Labute approximate surface area is 226 Å². The van der Waals surface area contributed by atoms with Gasteiger partial charge in [-0.1, -0.05) is 18.2 Å². The van der Waals surface area contributed by atoms with Crippen molar-refractivity contribution in [1.29, 1.82) is 0 Å². The summed E-state index contributed by atoms with van der Waals surface area (Å²) in [7, 11) is 1.62. The van der Waals surface area contributed by atoms with Crippen molar-refractivity contribution in [3.05, 3.63) is 83.5 Å². The molecule has 2 aromatic carbocycles. The molecule has 2 saturated heterocycles. The minimum atomic E-state index is -1.08. The van der Waals surface area contributed by atoms with Crippen molar-refractivity contribution in [1.82, 2.24) is 19.0 Å². The van der Waals surface area contributed by atoms with Crippen molar-refractivity contribution >= 4 is 22.6 Å². The maximum Gasteiger partial charge on any atom is 0.262 e. The lowest BCUT2D eigenvalue weighted by molar-refractivity contribution is -0.137. The quantitative estimate of drug-likeness (QED) is 0.414. The standard InChI is InChI=1S/C30H33N5O4/c1-39-24-11-9-23(10-12-24)35-17-13-25-27(35)31-21-33(28(25)36)20-30(38)14-18-32(19-15-30)29(37)26-8-5-16-34(26)22-6-3-2-4-7-22/h2-4,6-7,9-13,17,21,26,38H,5,8,14-16,18-20H2,1H3. The molecule has 6 rings (SSSR count). The van der Waals surface area contributed by atoms with Gasteiger partial charge in [-0.15, -0.1) is 0 Å². The summed E-state index contributed by atoms with van der Waals surface area (Å²) >= 11 is 0. The minimum absolute atomic E-state index is 0.124. The third kappa shape index (κ3) is 4.78. The third-order valence-corrected chi connectivity index (χ3v) is 8.12. The van der Waals surface area contributed by atoms with Crippen molar-refractivity contribution in [2.24, 2.45) is 0 Å². The van der Waals surface area contributed by atoms with Crippen LogP contribution in [0.2, 0.25) is 0 Å². The number of carbonyl (C=O) groups excluding carboxylic acids is 1. The fourth-order valence-corrected chi connectivity index (χ4v) is 5.90. The molecule has 2 aliphatic heterocycles. The van der Waals surface area contributed by atoms with Crippen molar-refractivity contribution in [3.63, 3.8) is 0 Å². The normalized spacial score (nSPS) is 19.0. The lowest BCUT2D eigenvalue weighted by Crippen LogP contribution is -2.53. The Morgan fingerprint density at radius 1 is 1.03 bits per heavy atom. The smallest absolute Gasteiger partial charge is 0.262 e. The van der Waals surface area contributed by atoms with Crippen molar-refractivity contribution in [3.8, 4) is 11.4 Å². The molecule has 2 aromatic heterocycles. The second kappa shape index (κ2) is 10.2. The summed E-state index contributed by atoms with van der Waals surface area (Å²) in [5.74, 6) is 0.877. The molecule has 4 heterocycles. The summed E-state index contributed by atoms with van der Waals surface area (Å²) in [6.07, 6.45) is 5.98. The van der Waals surface area contributed by atoms with E-state index in [1.54, 1.807) is 13.2 Å². The van der Waals surface area contributed by atoms with Crippen LogP contribution in [0.25, 0.3) is 16.7 Å². The van der Waals surface area contributed by atoms with E-state index in [1.165, 1.54) is 10.9 Å². The second-order valence-corrected chi connectivity index (χ2v) is 10.5. The van der Waals surface area contributed by atoms with Gasteiger partial charge in [0, 0.05) is 37.2 Å². The molecule has 9 nitrogen and oxygen atoms in total. The summed E-state index contributed by atoms with van der Waals surface area (Å²) in [5, 5.41) is 11.9. The molecule has 9 heteroatoms. The predicted octanol–water partition coefficient (Wildman–Crippen LogP) is 3.22. The first-order valence-electron chi connectivity index (χ1n) is 13.5. The summed E-state index contributed by atoms with van der Waals surface area (Å²) < 4.78 is 8.59. The number of likely N-dealkylation sites (tertiary alicyclic amines) is 1. The zero-order valence-corrected chi connectivity index (χ0v) is 22.1. The molecule has 202 valence electrons. The van der Waals surface area contributed by atoms with E-state index in [1.807, 2.05) is 70.3 Å². The van der Waals surface area contributed by atoms with E-state index < -0.39 is 5.60 Å². The molecule has 1 atom stereocenters. The summed E-state index contributed by atoms with van der Waals surface area (Å²) in [5.41, 5.74) is 1.24. The number of benzene rings is 2. The van der Waals surface area contributed by atoms with E-state index >= 15 is 0 Å². The van der Waals surface area contributed by atoms with Crippen LogP contribution in [0.4, 0.5) is 5.69 Å². The number of hydrogen-bond donors (Lipinski definition) is 1. The number of ether oxygens (including phenoxy) is 1. The molecule has 0 bridgehead atoms. The van der Waals surface area contributed by atoms with Crippen molar-refractivity contribution in [2.45, 2.75) is 43.9 Å². The highest BCUT2D eigenvalue weighted by atomic mass is 16.5. The number of carbonyl (C=O) groups is 1. The van der Waals surface area contributed by atoms with Gasteiger partial charge in [0.15, 0.2) is 5.65 Å². The molecule has 39 heavy (non-hydrogen) atoms. The number of fused-ring (bicyclic) bond motifs is 1. The van der Waals surface area contributed by atoms with Gasteiger partial charge < -0.3 is 24.2 Å².